The van der Waals surface area contributed by atoms with Gasteiger partial charge in [-0.2, -0.15) is 0 Å². The minimum Gasteiger partial charge on any atom is -0.494 e. The molecule has 2 heterocycles. The van der Waals surface area contributed by atoms with E-state index in [9.17, 15) is 10.2 Å². The predicted molar refractivity (Wildman–Crippen MR) is 96.2 cm³/mol. The van der Waals surface area contributed by atoms with Crippen LogP contribution in [0.15, 0.2) is 42.7 Å². The van der Waals surface area contributed by atoms with Gasteiger partial charge in [0.05, 0.1) is 19.3 Å². The molecule has 0 radical (unpaired) electrons. The van der Waals surface area contributed by atoms with Crippen LogP contribution in [0.3, 0.4) is 0 Å². The fourth-order valence-electron chi connectivity index (χ4n) is 3.50. The van der Waals surface area contributed by atoms with Crippen molar-refractivity contribution in [3.63, 3.8) is 0 Å². The maximum Gasteiger partial charge on any atom is 0.124 e. The lowest BCUT2D eigenvalue weighted by Gasteiger charge is -2.17. The Labute approximate surface area is 148 Å². The summed E-state index contributed by atoms with van der Waals surface area (Å²) in [6.07, 6.45) is 4.15. The summed E-state index contributed by atoms with van der Waals surface area (Å²) in [4.78, 5) is 6.31. The van der Waals surface area contributed by atoms with Gasteiger partial charge in [0, 0.05) is 43.5 Å². The molecule has 5 heteroatoms. The third-order valence-electron chi connectivity index (χ3n) is 4.73. The van der Waals surface area contributed by atoms with Gasteiger partial charge in [0.15, 0.2) is 0 Å². The molecule has 0 spiro atoms. The number of nitrogens with zero attached hydrogens (tertiary/aromatic N) is 2. The average Bonchev–Trinajstić information content (AvgIpc) is 2.96. The lowest BCUT2D eigenvalue weighted by atomic mass is 9.97. The van der Waals surface area contributed by atoms with E-state index < -0.39 is 0 Å². The molecule has 0 unspecified atom stereocenters. The van der Waals surface area contributed by atoms with Gasteiger partial charge in [-0.3, -0.25) is 9.88 Å². The molecule has 2 N–H and O–H groups in total. The molecule has 2 aromatic rings. The molecule has 1 fully saturated rings. The van der Waals surface area contributed by atoms with E-state index in [1.165, 1.54) is 5.56 Å². The van der Waals surface area contributed by atoms with Crippen LogP contribution in [-0.2, 0) is 19.6 Å². The zero-order chi connectivity index (χ0) is 17.6. The second kappa shape index (κ2) is 8.43. The Morgan fingerprint density at radius 3 is 2.68 bits per heavy atom. The summed E-state index contributed by atoms with van der Waals surface area (Å²) in [5.41, 5.74) is 3.15. The number of benzene rings is 1. The van der Waals surface area contributed by atoms with E-state index in [0.717, 1.165) is 36.4 Å². The molecular weight excluding hydrogens is 316 g/mol. The molecule has 0 saturated carbocycles. The fraction of sp³-hybridized carbons (Fsp3) is 0.450. The zero-order valence-electron chi connectivity index (χ0n) is 14.6. The minimum atomic E-state index is -0.312. The van der Waals surface area contributed by atoms with Crippen LogP contribution in [-0.4, -0.2) is 45.9 Å². The van der Waals surface area contributed by atoms with E-state index in [1.807, 2.05) is 37.3 Å². The SMILES string of the molecule is CCOc1ccc(CN2C[C@@H](Cc3ccncc3)[C@@H](O)C2)cc1CO. The van der Waals surface area contributed by atoms with Crippen molar-refractivity contribution in [3.05, 3.63) is 59.4 Å². The van der Waals surface area contributed by atoms with E-state index in [0.29, 0.717) is 13.2 Å². The first kappa shape index (κ1) is 17.9. The topological polar surface area (TPSA) is 65.8 Å². The predicted octanol–water partition coefficient (Wildman–Crippen LogP) is 2.01. The normalized spacial score (nSPS) is 20.8. The van der Waals surface area contributed by atoms with Crippen LogP contribution in [0, 0.1) is 5.92 Å². The van der Waals surface area contributed by atoms with Crippen LogP contribution >= 0.6 is 0 Å². The zero-order valence-corrected chi connectivity index (χ0v) is 14.6. The highest BCUT2D eigenvalue weighted by atomic mass is 16.5. The number of rotatable bonds is 7. The average molecular weight is 342 g/mol. The Kier molecular flexibility index (Phi) is 6.02. The summed E-state index contributed by atoms with van der Waals surface area (Å²) >= 11 is 0. The van der Waals surface area contributed by atoms with Gasteiger partial charge >= 0.3 is 0 Å². The van der Waals surface area contributed by atoms with Gasteiger partial charge in [-0.25, -0.2) is 0 Å². The molecule has 1 aliphatic rings. The smallest absolute Gasteiger partial charge is 0.124 e. The minimum absolute atomic E-state index is 0.0313. The molecule has 1 aromatic heterocycles. The highest BCUT2D eigenvalue weighted by molar-refractivity contribution is 5.37. The number of hydrogen-bond acceptors (Lipinski definition) is 5. The van der Waals surface area contributed by atoms with Gasteiger partial charge in [-0.05, 0) is 48.7 Å². The highest BCUT2D eigenvalue weighted by Crippen LogP contribution is 2.25. The largest absolute Gasteiger partial charge is 0.494 e. The van der Waals surface area contributed by atoms with Crippen molar-refractivity contribution in [2.45, 2.75) is 32.6 Å². The van der Waals surface area contributed by atoms with Crippen molar-refractivity contribution in [1.82, 2.24) is 9.88 Å². The van der Waals surface area contributed by atoms with Crippen LogP contribution in [0.25, 0.3) is 0 Å². The Bertz CT molecular complexity index is 678. The first-order valence-electron chi connectivity index (χ1n) is 8.84. The van der Waals surface area contributed by atoms with Crippen molar-refractivity contribution < 1.29 is 14.9 Å². The summed E-state index contributed by atoms with van der Waals surface area (Å²) in [6.45, 7) is 4.80. The van der Waals surface area contributed by atoms with Gasteiger partial charge in [-0.15, -0.1) is 0 Å². The first-order chi connectivity index (χ1) is 12.2. The summed E-state index contributed by atoms with van der Waals surface area (Å²) < 4.78 is 5.53. The lowest BCUT2D eigenvalue weighted by molar-refractivity contribution is 0.141. The van der Waals surface area contributed by atoms with E-state index in [4.69, 9.17) is 4.74 Å². The Balaban J connectivity index is 1.62. The van der Waals surface area contributed by atoms with Gasteiger partial charge < -0.3 is 14.9 Å². The van der Waals surface area contributed by atoms with Crippen LogP contribution in [0.1, 0.15) is 23.6 Å². The monoisotopic (exact) mass is 342 g/mol. The molecule has 1 saturated heterocycles. The van der Waals surface area contributed by atoms with Gasteiger partial charge in [-0.1, -0.05) is 6.07 Å². The fourth-order valence-corrected chi connectivity index (χ4v) is 3.50. The number of ether oxygens (including phenoxy) is 1. The molecule has 0 amide bonds. The van der Waals surface area contributed by atoms with Gasteiger partial charge in [0.1, 0.15) is 5.75 Å². The number of β-amino-alcohol motifs (C(OH)–C–C–N with tert-alkyl or cyclic N) is 1. The third kappa shape index (κ3) is 4.57. The van der Waals surface area contributed by atoms with E-state index in [-0.39, 0.29) is 18.6 Å². The van der Waals surface area contributed by atoms with Crippen molar-refractivity contribution in [1.29, 1.82) is 0 Å². The van der Waals surface area contributed by atoms with Gasteiger partial charge in [0.25, 0.3) is 0 Å². The van der Waals surface area contributed by atoms with Crippen LogP contribution in [0.4, 0.5) is 0 Å². The number of aliphatic hydroxyl groups is 2. The van der Waals surface area contributed by atoms with Crippen LogP contribution in [0.2, 0.25) is 0 Å². The molecule has 3 rings (SSSR count). The van der Waals surface area contributed by atoms with Crippen molar-refractivity contribution in [2.75, 3.05) is 19.7 Å². The Morgan fingerprint density at radius 1 is 1.16 bits per heavy atom. The van der Waals surface area contributed by atoms with Crippen LogP contribution < -0.4 is 4.74 Å². The molecule has 0 bridgehead atoms. The van der Waals surface area contributed by atoms with Crippen LogP contribution in [0.5, 0.6) is 5.75 Å². The number of aliphatic hydroxyl groups excluding tert-OH is 2. The van der Waals surface area contributed by atoms with Gasteiger partial charge in [0.2, 0.25) is 0 Å². The molecule has 0 aliphatic carbocycles. The number of hydrogen-bond donors (Lipinski definition) is 2. The maximum atomic E-state index is 10.4. The molecule has 134 valence electrons. The third-order valence-corrected chi connectivity index (χ3v) is 4.73. The summed E-state index contributed by atoms with van der Waals surface area (Å²) in [7, 11) is 0. The van der Waals surface area contributed by atoms with Crippen molar-refractivity contribution >= 4 is 0 Å². The number of likely N-dealkylation sites (tertiary alicyclic amines) is 1. The number of aromatic nitrogens is 1. The summed E-state index contributed by atoms with van der Waals surface area (Å²) in [5, 5.41) is 19.9. The van der Waals surface area contributed by atoms with Crippen molar-refractivity contribution in [2.24, 2.45) is 5.92 Å². The first-order valence-corrected chi connectivity index (χ1v) is 8.84. The molecular formula is C20H26N2O3. The molecule has 1 aromatic carbocycles. The molecule has 5 nitrogen and oxygen atoms in total. The van der Waals surface area contributed by atoms with E-state index >= 15 is 0 Å². The Hall–Kier alpha value is -1.95. The lowest BCUT2D eigenvalue weighted by Crippen LogP contribution is -2.21. The molecule has 1 aliphatic heterocycles. The van der Waals surface area contributed by atoms with E-state index in [2.05, 4.69) is 9.88 Å². The summed E-state index contributed by atoms with van der Waals surface area (Å²) in [5.74, 6) is 0.980. The standard InChI is InChI=1S/C20H26N2O3/c1-2-25-20-4-3-16(10-18(20)14-23)11-22-12-17(19(24)13-22)9-15-5-7-21-8-6-15/h3-8,10,17,19,23-24H,2,9,11-14H2,1H3/t17-,19+/m1/s1. The molecule has 2 atom stereocenters. The summed E-state index contributed by atoms with van der Waals surface area (Å²) in [6, 6.07) is 9.97. The molecule has 25 heavy (non-hydrogen) atoms. The second-order valence-corrected chi connectivity index (χ2v) is 6.61. The second-order valence-electron chi connectivity index (χ2n) is 6.61. The maximum absolute atomic E-state index is 10.4. The Morgan fingerprint density at radius 2 is 1.96 bits per heavy atom. The quantitative estimate of drug-likeness (QED) is 0.806. The highest BCUT2D eigenvalue weighted by Gasteiger charge is 2.31. The van der Waals surface area contributed by atoms with Crippen molar-refractivity contribution in [3.8, 4) is 5.75 Å². The van der Waals surface area contributed by atoms with E-state index in [1.54, 1.807) is 12.4 Å². The number of pyridine rings is 1.